The van der Waals surface area contributed by atoms with Crippen LogP contribution >= 0.6 is 0 Å². The molecule has 5 heteroatoms. The minimum Gasteiger partial charge on any atom is -0.507 e. The van der Waals surface area contributed by atoms with E-state index in [1.165, 1.54) is 0 Å². The smallest absolute Gasteiger partial charge is 0.256 e. The quantitative estimate of drug-likeness (QED) is 0.658. The molecule has 0 aromatic heterocycles. The van der Waals surface area contributed by atoms with Crippen LogP contribution in [-0.4, -0.2) is 25.2 Å². The molecule has 0 saturated heterocycles. The number of fused-ring (bicyclic) bond motifs is 1. The van der Waals surface area contributed by atoms with Crippen LogP contribution in [0.2, 0.25) is 0 Å². The number of ether oxygens (including phenoxy) is 2. The molecule has 28 heavy (non-hydrogen) atoms. The van der Waals surface area contributed by atoms with Gasteiger partial charge in [0.1, 0.15) is 17.2 Å². The number of nitrogens with one attached hydrogen (secondary N) is 1. The van der Waals surface area contributed by atoms with Crippen molar-refractivity contribution in [2.75, 3.05) is 19.5 Å². The molecule has 1 aliphatic heterocycles. The van der Waals surface area contributed by atoms with E-state index in [-0.39, 0.29) is 11.7 Å². The maximum atomic E-state index is 12.4. The lowest BCUT2D eigenvalue weighted by molar-refractivity contribution is -0.110. The summed E-state index contributed by atoms with van der Waals surface area (Å²) in [6.07, 6.45) is 1.70. The van der Waals surface area contributed by atoms with Crippen molar-refractivity contribution in [3.8, 4) is 28.4 Å². The summed E-state index contributed by atoms with van der Waals surface area (Å²) in [4.78, 5) is 12.4. The Morgan fingerprint density at radius 2 is 1.68 bits per heavy atom. The van der Waals surface area contributed by atoms with E-state index in [4.69, 9.17) is 9.47 Å². The molecule has 0 saturated carbocycles. The largest absolute Gasteiger partial charge is 0.507 e. The second kappa shape index (κ2) is 7.12. The fourth-order valence-corrected chi connectivity index (χ4v) is 3.30. The lowest BCUT2D eigenvalue weighted by atomic mass is 9.98. The van der Waals surface area contributed by atoms with Crippen molar-refractivity contribution in [1.29, 1.82) is 0 Å². The summed E-state index contributed by atoms with van der Waals surface area (Å²) >= 11 is 0. The minimum atomic E-state index is -0.192. The molecular formula is C23H19NO4. The summed E-state index contributed by atoms with van der Waals surface area (Å²) in [6.45, 7) is 0. The van der Waals surface area contributed by atoms with Gasteiger partial charge in [0.05, 0.1) is 14.2 Å². The molecule has 0 unspecified atom stereocenters. The normalized spacial score (nSPS) is 13.9. The predicted octanol–water partition coefficient (Wildman–Crippen LogP) is 4.57. The van der Waals surface area contributed by atoms with Gasteiger partial charge >= 0.3 is 0 Å². The molecule has 3 aromatic rings. The van der Waals surface area contributed by atoms with Gasteiger partial charge in [0.2, 0.25) is 0 Å². The molecule has 1 aliphatic rings. The van der Waals surface area contributed by atoms with Crippen molar-refractivity contribution in [2.24, 2.45) is 0 Å². The standard InChI is InChI=1S/C23H19NO4/c1-27-16-9-7-14(8-10-16)18-11-15(21(25)13-22(18)28-2)12-19-17-5-3-4-6-20(17)24-23(19)26/h3-13,25H,1-2H3,(H,24,26)/b19-12+. The number of anilines is 1. The highest BCUT2D eigenvalue weighted by Gasteiger charge is 2.24. The monoisotopic (exact) mass is 373 g/mol. The van der Waals surface area contributed by atoms with Crippen LogP contribution in [0.15, 0.2) is 60.7 Å². The van der Waals surface area contributed by atoms with Crippen LogP contribution in [0.25, 0.3) is 22.8 Å². The van der Waals surface area contributed by atoms with Gasteiger partial charge in [-0.25, -0.2) is 0 Å². The molecular weight excluding hydrogens is 354 g/mol. The third-order valence-corrected chi connectivity index (χ3v) is 4.76. The molecule has 140 valence electrons. The van der Waals surface area contributed by atoms with E-state index in [2.05, 4.69) is 5.32 Å². The number of hydrogen-bond acceptors (Lipinski definition) is 4. The first kappa shape index (κ1) is 17.7. The van der Waals surface area contributed by atoms with Crippen molar-refractivity contribution in [3.05, 3.63) is 71.8 Å². The van der Waals surface area contributed by atoms with Gasteiger partial charge in [0, 0.05) is 34.0 Å². The fraction of sp³-hybridized carbons (Fsp3) is 0.0870. The SMILES string of the molecule is COc1ccc(-c2cc(/C=C3/C(=O)Nc4ccccc43)c(O)cc2OC)cc1. The molecule has 3 aromatic carbocycles. The number of carbonyl (C=O) groups excluding carboxylic acids is 1. The summed E-state index contributed by atoms with van der Waals surface area (Å²) in [5.74, 6) is 1.14. The lowest BCUT2D eigenvalue weighted by Gasteiger charge is -2.12. The van der Waals surface area contributed by atoms with Crippen molar-refractivity contribution in [1.82, 2.24) is 0 Å². The molecule has 4 rings (SSSR count). The molecule has 0 bridgehead atoms. The van der Waals surface area contributed by atoms with Gasteiger partial charge < -0.3 is 19.9 Å². The van der Waals surface area contributed by atoms with Crippen molar-refractivity contribution in [3.63, 3.8) is 0 Å². The van der Waals surface area contributed by atoms with Crippen LogP contribution in [0, 0.1) is 0 Å². The van der Waals surface area contributed by atoms with Crippen LogP contribution in [0.3, 0.4) is 0 Å². The number of hydrogen-bond donors (Lipinski definition) is 2. The van der Waals surface area contributed by atoms with Crippen molar-refractivity contribution >= 4 is 23.2 Å². The highest BCUT2D eigenvalue weighted by atomic mass is 16.5. The second-order valence-electron chi connectivity index (χ2n) is 6.40. The van der Waals surface area contributed by atoms with Gasteiger partial charge in [-0.05, 0) is 35.9 Å². The fourth-order valence-electron chi connectivity index (χ4n) is 3.30. The van der Waals surface area contributed by atoms with Gasteiger partial charge in [-0.3, -0.25) is 4.79 Å². The average molecular weight is 373 g/mol. The number of aromatic hydroxyl groups is 1. The number of benzene rings is 3. The summed E-state index contributed by atoms with van der Waals surface area (Å²) in [5.41, 5.74) is 4.34. The van der Waals surface area contributed by atoms with Gasteiger partial charge in [-0.15, -0.1) is 0 Å². The zero-order valence-corrected chi connectivity index (χ0v) is 15.5. The number of amides is 1. The Balaban J connectivity index is 1.83. The molecule has 2 N–H and O–H groups in total. The second-order valence-corrected chi connectivity index (χ2v) is 6.40. The van der Waals surface area contributed by atoms with E-state index in [0.717, 1.165) is 28.1 Å². The van der Waals surface area contributed by atoms with Crippen LogP contribution in [-0.2, 0) is 4.79 Å². The van der Waals surface area contributed by atoms with Crippen LogP contribution in [0.1, 0.15) is 11.1 Å². The Kier molecular flexibility index (Phi) is 4.49. The van der Waals surface area contributed by atoms with E-state index in [1.807, 2.05) is 54.6 Å². The number of methoxy groups -OCH3 is 2. The number of para-hydroxylation sites is 1. The molecule has 1 amide bonds. The lowest BCUT2D eigenvalue weighted by Crippen LogP contribution is -2.03. The van der Waals surface area contributed by atoms with Crippen LogP contribution in [0.5, 0.6) is 17.2 Å². The summed E-state index contributed by atoms with van der Waals surface area (Å²) in [5, 5.41) is 13.3. The molecule has 1 heterocycles. The Hall–Kier alpha value is -3.73. The Bertz CT molecular complexity index is 1080. The molecule has 0 fully saturated rings. The molecule has 0 aliphatic carbocycles. The topological polar surface area (TPSA) is 67.8 Å². The first-order chi connectivity index (χ1) is 13.6. The predicted molar refractivity (Wildman–Crippen MR) is 110 cm³/mol. The first-order valence-electron chi connectivity index (χ1n) is 8.78. The molecule has 0 spiro atoms. The number of phenols is 1. The summed E-state index contributed by atoms with van der Waals surface area (Å²) < 4.78 is 10.7. The summed E-state index contributed by atoms with van der Waals surface area (Å²) in [7, 11) is 3.17. The number of phenolic OH excluding ortho intramolecular Hbond substituents is 1. The molecule has 0 radical (unpaired) electrons. The van der Waals surface area contributed by atoms with Gasteiger partial charge in [-0.2, -0.15) is 0 Å². The Morgan fingerprint density at radius 3 is 2.39 bits per heavy atom. The zero-order valence-electron chi connectivity index (χ0n) is 15.5. The van der Waals surface area contributed by atoms with Crippen LogP contribution in [0.4, 0.5) is 5.69 Å². The van der Waals surface area contributed by atoms with E-state index in [1.54, 1.807) is 26.4 Å². The Labute approximate surface area is 162 Å². The highest BCUT2D eigenvalue weighted by molar-refractivity contribution is 6.35. The van der Waals surface area contributed by atoms with E-state index in [0.29, 0.717) is 16.9 Å². The van der Waals surface area contributed by atoms with Crippen LogP contribution < -0.4 is 14.8 Å². The average Bonchev–Trinajstić information content (AvgIpc) is 3.04. The van der Waals surface area contributed by atoms with Gasteiger partial charge in [0.15, 0.2) is 0 Å². The number of rotatable bonds is 4. The van der Waals surface area contributed by atoms with Gasteiger partial charge in [0.25, 0.3) is 5.91 Å². The third kappa shape index (κ3) is 3.07. The zero-order chi connectivity index (χ0) is 19.7. The van der Waals surface area contributed by atoms with Gasteiger partial charge in [-0.1, -0.05) is 30.3 Å². The van der Waals surface area contributed by atoms with E-state index >= 15 is 0 Å². The maximum Gasteiger partial charge on any atom is 0.256 e. The van der Waals surface area contributed by atoms with Crippen molar-refractivity contribution in [2.45, 2.75) is 0 Å². The van der Waals surface area contributed by atoms with E-state index in [9.17, 15) is 9.90 Å². The molecule has 0 atom stereocenters. The third-order valence-electron chi connectivity index (χ3n) is 4.76. The highest BCUT2D eigenvalue weighted by Crippen LogP contribution is 2.39. The Morgan fingerprint density at radius 1 is 0.929 bits per heavy atom. The summed E-state index contributed by atoms with van der Waals surface area (Å²) in [6, 6.07) is 18.4. The molecule has 5 nitrogen and oxygen atoms in total. The maximum absolute atomic E-state index is 12.4. The number of carbonyl (C=O) groups is 1. The minimum absolute atomic E-state index is 0.0405. The first-order valence-corrected chi connectivity index (χ1v) is 8.78. The van der Waals surface area contributed by atoms with E-state index < -0.39 is 0 Å². The van der Waals surface area contributed by atoms with Crippen molar-refractivity contribution < 1.29 is 19.4 Å².